The average Bonchev–Trinajstić information content (AvgIpc) is 2.26. The number of guanidine groups is 1. The van der Waals surface area contributed by atoms with Crippen LogP contribution in [0, 0.1) is 5.92 Å². The highest BCUT2D eigenvalue weighted by Gasteiger charge is 2.04. The number of unbranched alkanes of at least 4 members (excludes halogenated alkanes) is 1. The van der Waals surface area contributed by atoms with E-state index in [1.165, 1.54) is 25.7 Å². The lowest BCUT2D eigenvalue weighted by Crippen LogP contribution is -2.33. The summed E-state index contributed by atoms with van der Waals surface area (Å²) in [6.07, 6.45) is 4.97. The number of aliphatic imine (C=N–C) groups is 1. The lowest BCUT2D eigenvalue weighted by molar-refractivity contribution is 0.462. The largest absolute Gasteiger partial charge is 0.370 e. The van der Waals surface area contributed by atoms with Crippen LogP contribution in [0.1, 0.15) is 46.5 Å². The molecular formula is C13H28IN3. The lowest BCUT2D eigenvalue weighted by Gasteiger charge is -2.12. The number of hydrogen-bond donors (Lipinski definition) is 2. The summed E-state index contributed by atoms with van der Waals surface area (Å²) < 4.78 is 0. The van der Waals surface area contributed by atoms with E-state index < -0.39 is 0 Å². The van der Waals surface area contributed by atoms with Gasteiger partial charge in [-0.3, -0.25) is 4.99 Å². The molecule has 0 aliphatic carbocycles. The van der Waals surface area contributed by atoms with Gasteiger partial charge in [0, 0.05) is 13.1 Å². The van der Waals surface area contributed by atoms with Crippen LogP contribution in [0.15, 0.2) is 17.1 Å². The molecule has 0 aliphatic heterocycles. The van der Waals surface area contributed by atoms with E-state index in [0.29, 0.717) is 18.4 Å². The molecule has 0 heterocycles. The average molecular weight is 353 g/mol. The molecule has 3 N–H and O–H groups in total. The van der Waals surface area contributed by atoms with Gasteiger partial charge in [-0.05, 0) is 19.3 Å². The number of nitrogens with two attached hydrogens (primary N) is 1. The van der Waals surface area contributed by atoms with Crippen LogP contribution in [0.25, 0.3) is 0 Å². The van der Waals surface area contributed by atoms with Crippen LogP contribution in [-0.2, 0) is 0 Å². The molecule has 102 valence electrons. The van der Waals surface area contributed by atoms with Crippen LogP contribution in [0.3, 0.4) is 0 Å². The van der Waals surface area contributed by atoms with Crippen LogP contribution in [-0.4, -0.2) is 19.0 Å². The van der Waals surface area contributed by atoms with Crippen LogP contribution in [0.4, 0.5) is 0 Å². The summed E-state index contributed by atoms with van der Waals surface area (Å²) in [5, 5.41) is 3.05. The van der Waals surface area contributed by atoms with Crippen molar-refractivity contribution in [1.29, 1.82) is 0 Å². The summed E-state index contributed by atoms with van der Waals surface area (Å²) in [6.45, 7) is 11.8. The smallest absolute Gasteiger partial charge is 0.188 e. The van der Waals surface area contributed by atoms with Gasteiger partial charge in [-0.25, -0.2) is 0 Å². The zero-order chi connectivity index (χ0) is 12.4. The van der Waals surface area contributed by atoms with E-state index in [1.54, 1.807) is 0 Å². The number of nitrogens with zero attached hydrogens (tertiary/aromatic N) is 1. The van der Waals surface area contributed by atoms with Crippen molar-refractivity contribution in [3.8, 4) is 0 Å². The van der Waals surface area contributed by atoms with Gasteiger partial charge in [0.15, 0.2) is 5.96 Å². The summed E-state index contributed by atoms with van der Waals surface area (Å²) in [5.41, 5.74) is 6.82. The first kappa shape index (κ1) is 19.1. The Bertz CT molecular complexity index is 227. The molecular weight excluding hydrogens is 325 g/mol. The second-order valence-corrected chi connectivity index (χ2v) is 4.45. The third-order valence-electron chi connectivity index (χ3n) is 2.63. The Kier molecular flexibility index (Phi) is 13.7. The maximum atomic E-state index is 5.75. The summed E-state index contributed by atoms with van der Waals surface area (Å²) in [5.74, 6) is 1.21. The normalized spacial score (nSPS) is 12.8. The molecule has 1 unspecified atom stereocenters. The Morgan fingerprint density at radius 2 is 2.06 bits per heavy atom. The molecule has 0 aliphatic rings. The fourth-order valence-corrected chi connectivity index (χ4v) is 1.44. The van der Waals surface area contributed by atoms with E-state index in [1.807, 2.05) is 6.92 Å². The predicted molar refractivity (Wildman–Crippen MR) is 88.0 cm³/mol. The van der Waals surface area contributed by atoms with Gasteiger partial charge in [0.05, 0.1) is 0 Å². The molecule has 0 amide bonds. The first-order valence-corrected chi connectivity index (χ1v) is 6.28. The van der Waals surface area contributed by atoms with Crippen LogP contribution >= 0.6 is 24.0 Å². The summed E-state index contributed by atoms with van der Waals surface area (Å²) >= 11 is 0. The van der Waals surface area contributed by atoms with E-state index >= 15 is 0 Å². The summed E-state index contributed by atoms with van der Waals surface area (Å²) in [6, 6.07) is 0. The minimum Gasteiger partial charge on any atom is -0.370 e. The minimum atomic E-state index is 0. The van der Waals surface area contributed by atoms with Gasteiger partial charge in [0.25, 0.3) is 0 Å². The second kappa shape index (κ2) is 12.2. The number of rotatable bonds is 8. The molecule has 0 fully saturated rings. The molecule has 17 heavy (non-hydrogen) atoms. The maximum absolute atomic E-state index is 5.75. The number of halogens is 1. The lowest BCUT2D eigenvalue weighted by atomic mass is 10.00. The molecule has 1 atom stereocenters. The number of nitrogens with one attached hydrogen (secondary N) is 1. The highest BCUT2D eigenvalue weighted by Crippen LogP contribution is 2.12. The molecule has 0 saturated heterocycles. The van der Waals surface area contributed by atoms with Gasteiger partial charge in [-0.1, -0.05) is 45.3 Å². The highest BCUT2D eigenvalue weighted by atomic mass is 127. The van der Waals surface area contributed by atoms with Crippen molar-refractivity contribution in [2.24, 2.45) is 16.6 Å². The van der Waals surface area contributed by atoms with Gasteiger partial charge in [-0.2, -0.15) is 0 Å². The third-order valence-corrected chi connectivity index (χ3v) is 2.63. The van der Waals surface area contributed by atoms with Crippen LogP contribution in [0.2, 0.25) is 0 Å². The van der Waals surface area contributed by atoms with Gasteiger partial charge >= 0.3 is 0 Å². The standard InChI is InChI=1S/C13H27N3.HI/c1-5-7-8-12(6-2)10-16-13(14)15-9-11(3)4;/h12H,3,5-10H2,1-2,4H3,(H3,14,15,16);1H. The predicted octanol–water partition coefficient (Wildman–Crippen LogP) is 3.30. The molecule has 0 radical (unpaired) electrons. The molecule has 0 bridgehead atoms. The van der Waals surface area contributed by atoms with Gasteiger partial charge in [0.1, 0.15) is 0 Å². The van der Waals surface area contributed by atoms with Crippen molar-refractivity contribution < 1.29 is 0 Å². The Balaban J connectivity index is 0. The van der Waals surface area contributed by atoms with Crippen molar-refractivity contribution in [3.63, 3.8) is 0 Å². The molecule has 3 nitrogen and oxygen atoms in total. The SMILES string of the molecule is C=C(C)CNC(N)=NCC(CC)CCCC.I. The Morgan fingerprint density at radius 1 is 1.41 bits per heavy atom. The van der Waals surface area contributed by atoms with E-state index in [9.17, 15) is 0 Å². The molecule has 0 aromatic heterocycles. The first-order valence-electron chi connectivity index (χ1n) is 6.28. The van der Waals surface area contributed by atoms with Crippen molar-refractivity contribution in [3.05, 3.63) is 12.2 Å². The topological polar surface area (TPSA) is 50.4 Å². The van der Waals surface area contributed by atoms with Crippen LogP contribution in [0.5, 0.6) is 0 Å². The van der Waals surface area contributed by atoms with Gasteiger partial charge < -0.3 is 11.1 Å². The molecule has 0 rings (SSSR count). The number of hydrogen-bond acceptors (Lipinski definition) is 1. The van der Waals surface area contributed by atoms with Crippen LogP contribution < -0.4 is 11.1 Å². The van der Waals surface area contributed by atoms with Crippen molar-refractivity contribution >= 4 is 29.9 Å². The summed E-state index contributed by atoms with van der Waals surface area (Å²) in [4.78, 5) is 4.36. The van der Waals surface area contributed by atoms with Gasteiger partial charge in [0.2, 0.25) is 0 Å². The molecule has 0 aromatic carbocycles. The van der Waals surface area contributed by atoms with E-state index in [2.05, 4.69) is 30.7 Å². The fourth-order valence-electron chi connectivity index (χ4n) is 1.44. The fraction of sp³-hybridized carbons (Fsp3) is 0.769. The molecule has 4 heteroatoms. The third kappa shape index (κ3) is 12.0. The van der Waals surface area contributed by atoms with Crippen molar-refractivity contribution in [2.45, 2.75) is 46.5 Å². The monoisotopic (exact) mass is 353 g/mol. The van der Waals surface area contributed by atoms with Crippen molar-refractivity contribution in [2.75, 3.05) is 13.1 Å². The second-order valence-electron chi connectivity index (χ2n) is 4.45. The minimum absolute atomic E-state index is 0. The quantitative estimate of drug-likeness (QED) is 0.304. The maximum Gasteiger partial charge on any atom is 0.188 e. The van der Waals surface area contributed by atoms with Gasteiger partial charge in [-0.15, -0.1) is 24.0 Å². The Hall–Kier alpha value is -0.260. The molecule has 0 saturated carbocycles. The van der Waals surface area contributed by atoms with E-state index in [-0.39, 0.29) is 24.0 Å². The van der Waals surface area contributed by atoms with Crippen molar-refractivity contribution in [1.82, 2.24) is 5.32 Å². The van der Waals surface area contributed by atoms with E-state index in [0.717, 1.165) is 12.1 Å². The first-order chi connectivity index (χ1) is 7.60. The Morgan fingerprint density at radius 3 is 2.53 bits per heavy atom. The highest BCUT2D eigenvalue weighted by molar-refractivity contribution is 14.0. The summed E-state index contributed by atoms with van der Waals surface area (Å²) in [7, 11) is 0. The zero-order valence-corrected chi connectivity index (χ0v) is 13.8. The van der Waals surface area contributed by atoms with E-state index in [4.69, 9.17) is 5.73 Å². The Labute approximate surface area is 123 Å². The molecule has 0 spiro atoms. The molecule has 0 aromatic rings. The zero-order valence-electron chi connectivity index (χ0n) is 11.5.